The molecule has 0 unspecified atom stereocenters. The van der Waals surface area contributed by atoms with Gasteiger partial charge in [-0.25, -0.2) is 0 Å². The molecule has 14 aromatic rings. The van der Waals surface area contributed by atoms with Crippen molar-refractivity contribution in [3.05, 3.63) is 277 Å². The van der Waals surface area contributed by atoms with E-state index in [1.165, 1.54) is 98.5 Å². The molecular formula is C72H54N4. The van der Waals surface area contributed by atoms with Crippen molar-refractivity contribution in [3.63, 3.8) is 0 Å². The Labute approximate surface area is 443 Å². The average molecular weight is 975 g/mol. The molecule has 76 heavy (non-hydrogen) atoms. The molecule has 0 saturated heterocycles. The molecule has 0 N–H and O–H groups in total. The highest BCUT2D eigenvalue weighted by Crippen LogP contribution is 2.42. The SMILES string of the molecule is Cc1c(C)n(-c2ccc(N(c3ccc4ccccc4c3)c3ccc4ccccc4c3)cc2)c2ccc(-c3ccc4c(c3)c(C)c(C)n4-c3ccc(N(c4ccc5ccccc5c4)c4ccc5ccccc5c4)cc3)cc12. The molecule has 12 aromatic carbocycles. The molecule has 0 bridgehead atoms. The van der Waals surface area contributed by atoms with Gasteiger partial charge in [-0.05, 0) is 214 Å². The van der Waals surface area contributed by atoms with Crippen molar-refractivity contribution in [1.29, 1.82) is 0 Å². The van der Waals surface area contributed by atoms with Crippen LogP contribution in [0.5, 0.6) is 0 Å². The van der Waals surface area contributed by atoms with Gasteiger partial charge in [0.25, 0.3) is 0 Å². The van der Waals surface area contributed by atoms with E-state index >= 15 is 0 Å². The summed E-state index contributed by atoms with van der Waals surface area (Å²) >= 11 is 0. The van der Waals surface area contributed by atoms with E-state index in [2.05, 4.69) is 301 Å². The Bertz CT molecular complexity index is 4120. The number of hydrogen-bond donors (Lipinski definition) is 0. The minimum absolute atomic E-state index is 1.11. The van der Waals surface area contributed by atoms with E-state index in [1.54, 1.807) is 0 Å². The Balaban J connectivity index is 0.786. The van der Waals surface area contributed by atoms with Gasteiger partial charge in [-0.3, -0.25) is 0 Å². The summed E-state index contributed by atoms with van der Waals surface area (Å²) in [5.74, 6) is 0. The summed E-state index contributed by atoms with van der Waals surface area (Å²) < 4.78 is 4.83. The maximum Gasteiger partial charge on any atom is 0.0534 e. The predicted octanol–water partition coefficient (Wildman–Crippen LogP) is 20.0. The minimum atomic E-state index is 1.11. The van der Waals surface area contributed by atoms with Gasteiger partial charge in [0.1, 0.15) is 0 Å². The number of benzene rings is 12. The molecule has 0 radical (unpaired) electrons. The van der Waals surface area contributed by atoms with Gasteiger partial charge in [0.2, 0.25) is 0 Å². The third-order valence-electron chi connectivity index (χ3n) is 16.1. The maximum absolute atomic E-state index is 2.42. The van der Waals surface area contributed by atoms with Crippen LogP contribution in [-0.4, -0.2) is 9.13 Å². The Morgan fingerprint density at radius 2 is 0.526 bits per heavy atom. The molecule has 2 heterocycles. The number of anilines is 6. The average Bonchev–Trinajstić information content (AvgIpc) is 3.90. The monoisotopic (exact) mass is 974 g/mol. The molecule has 4 heteroatoms. The summed E-state index contributed by atoms with van der Waals surface area (Å²) in [6.07, 6.45) is 0. The first-order valence-electron chi connectivity index (χ1n) is 26.3. The quantitative estimate of drug-likeness (QED) is 0.143. The van der Waals surface area contributed by atoms with E-state index in [0.717, 1.165) is 45.5 Å². The lowest BCUT2D eigenvalue weighted by atomic mass is 10.00. The molecule has 0 atom stereocenters. The zero-order valence-electron chi connectivity index (χ0n) is 43.0. The molecule has 0 fully saturated rings. The highest BCUT2D eigenvalue weighted by molar-refractivity contribution is 5.97. The molecule has 0 amide bonds. The summed E-state index contributed by atoms with van der Waals surface area (Å²) in [5, 5.41) is 12.3. The molecule has 0 aliphatic heterocycles. The first kappa shape index (κ1) is 45.0. The van der Waals surface area contributed by atoms with Gasteiger partial charge in [-0.15, -0.1) is 0 Å². The van der Waals surface area contributed by atoms with Crippen LogP contribution < -0.4 is 9.80 Å². The number of aromatic nitrogens is 2. The van der Waals surface area contributed by atoms with Crippen LogP contribution in [0.25, 0.3) is 87.4 Å². The number of nitrogens with zero attached hydrogens (tertiary/aromatic N) is 4. The highest BCUT2D eigenvalue weighted by Gasteiger charge is 2.20. The Kier molecular flexibility index (Phi) is 10.7. The minimum Gasteiger partial charge on any atom is -0.314 e. The molecule has 0 saturated carbocycles. The molecule has 2 aromatic heterocycles. The van der Waals surface area contributed by atoms with Crippen molar-refractivity contribution in [2.75, 3.05) is 9.80 Å². The van der Waals surface area contributed by atoms with Gasteiger partial charge in [0.15, 0.2) is 0 Å². The molecule has 0 aliphatic carbocycles. The molecule has 362 valence electrons. The second kappa shape index (κ2) is 18.1. The van der Waals surface area contributed by atoms with Gasteiger partial charge in [0.05, 0.1) is 11.0 Å². The second-order valence-corrected chi connectivity index (χ2v) is 20.4. The van der Waals surface area contributed by atoms with Crippen LogP contribution in [0.2, 0.25) is 0 Å². The fraction of sp³-hybridized carbons (Fsp3) is 0.0556. The molecule has 0 spiro atoms. The first-order chi connectivity index (χ1) is 37.3. The lowest BCUT2D eigenvalue weighted by Gasteiger charge is -2.26. The van der Waals surface area contributed by atoms with Gasteiger partial charge in [0, 0.05) is 67.7 Å². The van der Waals surface area contributed by atoms with Crippen LogP contribution >= 0.6 is 0 Å². The van der Waals surface area contributed by atoms with Crippen molar-refractivity contribution in [2.24, 2.45) is 0 Å². The number of fused-ring (bicyclic) bond motifs is 6. The zero-order chi connectivity index (χ0) is 51.0. The van der Waals surface area contributed by atoms with E-state index in [0.29, 0.717) is 0 Å². The lowest BCUT2D eigenvalue weighted by molar-refractivity contribution is 1.04. The topological polar surface area (TPSA) is 16.3 Å². The van der Waals surface area contributed by atoms with E-state index in [9.17, 15) is 0 Å². The summed E-state index contributed by atoms with van der Waals surface area (Å²) in [6, 6.07) is 93.5. The van der Waals surface area contributed by atoms with Crippen molar-refractivity contribution >= 4 is 99.0 Å². The van der Waals surface area contributed by atoms with Gasteiger partial charge in [-0.2, -0.15) is 0 Å². The van der Waals surface area contributed by atoms with Crippen molar-refractivity contribution in [3.8, 4) is 22.5 Å². The smallest absolute Gasteiger partial charge is 0.0534 e. The largest absolute Gasteiger partial charge is 0.314 e. The number of aryl methyl sites for hydroxylation is 2. The lowest BCUT2D eigenvalue weighted by Crippen LogP contribution is -2.10. The van der Waals surface area contributed by atoms with Crippen molar-refractivity contribution < 1.29 is 0 Å². The fourth-order valence-corrected chi connectivity index (χ4v) is 11.8. The van der Waals surface area contributed by atoms with E-state index in [1.807, 2.05) is 0 Å². The van der Waals surface area contributed by atoms with Crippen LogP contribution in [0.15, 0.2) is 255 Å². The van der Waals surface area contributed by atoms with Crippen molar-refractivity contribution in [2.45, 2.75) is 27.7 Å². The highest BCUT2D eigenvalue weighted by atomic mass is 15.1. The second-order valence-electron chi connectivity index (χ2n) is 20.4. The van der Waals surface area contributed by atoms with E-state index < -0.39 is 0 Å². The maximum atomic E-state index is 2.42. The van der Waals surface area contributed by atoms with Crippen LogP contribution in [0.4, 0.5) is 34.1 Å². The molecule has 14 rings (SSSR count). The summed E-state index contributed by atoms with van der Waals surface area (Å²) in [5.41, 5.74) is 18.9. The normalized spacial score (nSPS) is 11.7. The van der Waals surface area contributed by atoms with Gasteiger partial charge in [-0.1, -0.05) is 133 Å². The van der Waals surface area contributed by atoms with Crippen LogP contribution in [0.1, 0.15) is 22.5 Å². The Morgan fingerprint density at radius 1 is 0.250 bits per heavy atom. The standard InChI is InChI=1S/C72H54N4/c1-47-49(3)73(61-31-35-63(36-32-61)75(65-27-21-51-13-5-9-17-55(51)41-65)66-28-22-52-14-6-10-18-56(52)42-66)71-39-25-59(45-69(47)71)60-26-40-72-70(46-60)48(2)50(4)74(72)62-33-37-64(38-34-62)76(67-29-23-53-15-7-11-19-57(53)43-67)68-30-24-54-16-8-12-20-58(54)44-68/h5-46H,1-4H3. The van der Waals surface area contributed by atoms with E-state index in [-0.39, 0.29) is 0 Å². The summed E-state index contributed by atoms with van der Waals surface area (Å²) in [6.45, 7) is 9.02. The molecule has 0 aliphatic rings. The molecule has 4 nitrogen and oxygen atoms in total. The number of hydrogen-bond acceptors (Lipinski definition) is 2. The predicted molar refractivity (Wildman–Crippen MR) is 324 cm³/mol. The fourth-order valence-electron chi connectivity index (χ4n) is 11.8. The van der Waals surface area contributed by atoms with Crippen molar-refractivity contribution in [1.82, 2.24) is 9.13 Å². The van der Waals surface area contributed by atoms with Crippen LogP contribution in [-0.2, 0) is 0 Å². The van der Waals surface area contributed by atoms with Crippen LogP contribution in [0.3, 0.4) is 0 Å². The number of rotatable bonds is 9. The zero-order valence-corrected chi connectivity index (χ0v) is 43.0. The van der Waals surface area contributed by atoms with Gasteiger partial charge >= 0.3 is 0 Å². The Hall–Kier alpha value is -9.64. The third kappa shape index (κ3) is 7.60. The first-order valence-corrected chi connectivity index (χ1v) is 26.3. The van der Waals surface area contributed by atoms with Gasteiger partial charge < -0.3 is 18.9 Å². The molecular weight excluding hydrogens is 921 g/mol. The third-order valence-corrected chi connectivity index (χ3v) is 16.1. The Morgan fingerprint density at radius 3 is 0.829 bits per heavy atom. The summed E-state index contributed by atoms with van der Waals surface area (Å²) in [7, 11) is 0. The van der Waals surface area contributed by atoms with E-state index in [4.69, 9.17) is 0 Å². The summed E-state index contributed by atoms with van der Waals surface area (Å²) in [4.78, 5) is 4.75. The van der Waals surface area contributed by atoms with Crippen LogP contribution in [0, 0.1) is 27.7 Å².